The smallest absolute Gasteiger partial charge is 0.234 e. The van der Waals surface area contributed by atoms with Gasteiger partial charge in [0, 0.05) is 18.2 Å². The Hall–Kier alpha value is -1.90. The predicted octanol–water partition coefficient (Wildman–Crippen LogP) is 0.880. The Labute approximate surface area is 124 Å². The highest BCUT2D eigenvalue weighted by Gasteiger charge is 2.23. The number of aliphatic hydroxyl groups is 1. The van der Waals surface area contributed by atoms with E-state index < -0.39 is 0 Å². The van der Waals surface area contributed by atoms with Gasteiger partial charge in [0.25, 0.3) is 0 Å². The van der Waals surface area contributed by atoms with E-state index in [0.29, 0.717) is 18.2 Å². The molecule has 0 radical (unpaired) electrons. The Morgan fingerprint density at radius 2 is 2.24 bits per heavy atom. The molecule has 5 heteroatoms. The zero-order chi connectivity index (χ0) is 15.2. The van der Waals surface area contributed by atoms with Crippen LogP contribution < -0.4 is 5.32 Å². The highest BCUT2D eigenvalue weighted by atomic mass is 19.1. The number of rotatable bonds is 5. The maximum absolute atomic E-state index is 13.5. The second-order valence-corrected chi connectivity index (χ2v) is 5.32. The van der Waals surface area contributed by atoms with Crippen LogP contribution in [0.3, 0.4) is 0 Å². The molecule has 0 unspecified atom stereocenters. The van der Waals surface area contributed by atoms with Crippen molar-refractivity contribution >= 4 is 5.91 Å². The second-order valence-electron chi connectivity index (χ2n) is 5.32. The zero-order valence-electron chi connectivity index (χ0n) is 12.0. The first-order chi connectivity index (χ1) is 10.1. The molecule has 0 saturated heterocycles. The van der Waals surface area contributed by atoms with Crippen LogP contribution in [0.25, 0.3) is 0 Å². The van der Waals surface area contributed by atoms with E-state index in [9.17, 15) is 9.18 Å². The van der Waals surface area contributed by atoms with E-state index in [1.165, 1.54) is 12.1 Å². The first-order valence-electron chi connectivity index (χ1n) is 6.94. The lowest BCUT2D eigenvalue weighted by Gasteiger charge is -2.16. The quantitative estimate of drug-likeness (QED) is 0.792. The van der Waals surface area contributed by atoms with Gasteiger partial charge in [-0.15, -0.1) is 0 Å². The summed E-state index contributed by atoms with van der Waals surface area (Å²) < 4.78 is 13.5. The van der Waals surface area contributed by atoms with E-state index >= 15 is 0 Å². The van der Waals surface area contributed by atoms with Crippen molar-refractivity contribution in [3.8, 4) is 11.8 Å². The molecule has 1 fully saturated rings. The topological polar surface area (TPSA) is 52.6 Å². The lowest BCUT2D eigenvalue weighted by atomic mass is 10.1. The Kier molecular flexibility index (Phi) is 5.32. The third kappa shape index (κ3) is 5.54. The molecule has 0 aromatic heterocycles. The third-order valence-electron chi connectivity index (χ3n) is 3.08. The Bertz CT molecular complexity index is 573. The molecule has 0 aliphatic heterocycles. The molecule has 21 heavy (non-hydrogen) atoms. The summed E-state index contributed by atoms with van der Waals surface area (Å²) >= 11 is 0. The van der Waals surface area contributed by atoms with Crippen LogP contribution in [0.2, 0.25) is 0 Å². The summed E-state index contributed by atoms with van der Waals surface area (Å²) in [4.78, 5) is 13.5. The molecular formula is C16H19FN2O2. The van der Waals surface area contributed by atoms with Gasteiger partial charge in [-0.25, -0.2) is 4.39 Å². The molecule has 1 aromatic rings. The number of likely N-dealkylation sites (N-methyl/N-ethyl adjacent to an activating group) is 1. The van der Waals surface area contributed by atoms with E-state index in [-0.39, 0.29) is 24.9 Å². The molecule has 0 atom stereocenters. The summed E-state index contributed by atoms with van der Waals surface area (Å²) in [5.41, 5.74) is 1.27. The molecular weight excluding hydrogens is 271 g/mol. The van der Waals surface area contributed by atoms with Crippen LogP contribution in [-0.4, -0.2) is 42.2 Å². The molecule has 1 aliphatic carbocycles. The maximum atomic E-state index is 13.5. The number of nitrogens with zero attached hydrogens (tertiary/aromatic N) is 1. The summed E-state index contributed by atoms with van der Waals surface area (Å²) in [7, 11) is 1.82. The molecule has 1 saturated carbocycles. The first kappa shape index (κ1) is 15.5. The number of benzene rings is 1. The number of halogens is 1. The van der Waals surface area contributed by atoms with Gasteiger partial charge in [-0.2, -0.15) is 0 Å². The van der Waals surface area contributed by atoms with Crippen molar-refractivity contribution in [3.63, 3.8) is 0 Å². The van der Waals surface area contributed by atoms with Gasteiger partial charge < -0.3 is 10.4 Å². The number of hydrogen-bond donors (Lipinski definition) is 2. The molecule has 1 amide bonds. The van der Waals surface area contributed by atoms with Crippen molar-refractivity contribution in [2.75, 3.05) is 20.2 Å². The molecule has 1 aromatic carbocycles. The van der Waals surface area contributed by atoms with Gasteiger partial charge in [0.05, 0.1) is 6.54 Å². The van der Waals surface area contributed by atoms with Gasteiger partial charge in [-0.3, -0.25) is 9.69 Å². The standard InChI is InChI=1S/C16H19FN2O2/c1-19(11-16(21)18-15-4-5-15)10-13-7-12(3-2-6-20)8-14(17)9-13/h7-9,15,20H,4-6,10-11H2,1H3,(H,18,21). The molecule has 1 aliphatic rings. The van der Waals surface area contributed by atoms with Crippen molar-refractivity contribution in [1.82, 2.24) is 10.2 Å². The van der Waals surface area contributed by atoms with Crippen LogP contribution >= 0.6 is 0 Å². The summed E-state index contributed by atoms with van der Waals surface area (Å²) in [5.74, 6) is 4.81. The second kappa shape index (κ2) is 7.21. The van der Waals surface area contributed by atoms with Gasteiger partial charge in [0.2, 0.25) is 5.91 Å². The average molecular weight is 290 g/mol. The Morgan fingerprint density at radius 1 is 1.48 bits per heavy atom. The minimum Gasteiger partial charge on any atom is -0.384 e. The lowest BCUT2D eigenvalue weighted by molar-refractivity contribution is -0.122. The molecule has 2 rings (SSSR count). The van der Waals surface area contributed by atoms with E-state index in [1.54, 1.807) is 6.07 Å². The Balaban J connectivity index is 1.94. The number of aliphatic hydroxyl groups excluding tert-OH is 1. The highest BCUT2D eigenvalue weighted by molar-refractivity contribution is 5.78. The third-order valence-corrected chi connectivity index (χ3v) is 3.08. The monoisotopic (exact) mass is 290 g/mol. The fourth-order valence-electron chi connectivity index (χ4n) is 2.07. The summed E-state index contributed by atoms with van der Waals surface area (Å²) in [6.07, 6.45) is 2.12. The van der Waals surface area contributed by atoms with Gasteiger partial charge in [-0.1, -0.05) is 11.8 Å². The fraction of sp³-hybridized carbons (Fsp3) is 0.438. The van der Waals surface area contributed by atoms with Crippen molar-refractivity contribution in [2.24, 2.45) is 0 Å². The minimum absolute atomic E-state index is 0.00306. The van der Waals surface area contributed by atoms with Crippen LogP contribution in [0.5, 0.6) is 0 Å². The summed E-state index contributed by atoms with van der Waals surface area (Å²) in [6, 6.07) is 4.87. The molecule has 4 nitrogen and oxygen atoms in total. The van der Waals surface area contributed by atoms with E-state index in [2.05, 4.69) is 17.2 Å². The van der Waals surface area contributed by atoms with Crippen LogP contribution in [0.15, 0.2) is 18.2 Å². The number of amides is 1. The first-order valence-corrected chi connectivity index (χ1v) is 6.94. The Morgan fingerprint density at radius 3 is 2.90 bits per heavy atom. The minimum atomic E-state index is -0.370. The van der Waals surface area contributed by atoms with Crippen molar-refractivity contribution in [2.45, 2.75) is 25.4 Å². The molecule has 0 bridgehead atoms. The number of carbonyl (C=O) groups excluding carboxylic acids is 1. The van der Waals surface area contributed by atoms with Gasteiger partial charge >= 0.3 is 0 Å². The van der Waals surface area contributed by atoms with Crippen LogP contribution in [0.4, 0.5) is 4.39 Å². The number of hydrogen-bond acceptors (Lipinski definition) is 3. The average Bonchev–Trinajstić information content (AvgIpc) is 3.19. The maximum Gasteiger partial charge on any atom is 0.234 e. The SMILES string of the molecule is CN(CC(=O)NC1CC1)Cc1cc(F)cc(C#CCO)c1. The van der Waals surface area contributed by atoms with Gasteiger partial charge in [0.15, 0.2) is 0 Å². The van der Waals surface area contributed by atoms with Crippen LogP contribution in [0, 0.1) is 17.7 Å². The van der Waals surface area contributed by atoms with Crippen LogP contribution in [-0.2, 0) is 11.3 Å². The molecule has 0 heterocycles. The zero-order valence-corrected chi connectivity index (χ0v) is 12.0. The van der Waals surface area contributed by atoms with Crippen LogP contribution in [0.1, 0.15) is 24.0 Å². The van der Waals surface area contributed by atoms with Crippen molar-refractivity contribution in [1.29, 1.82) is 0 Å². The molecule has 112 valence electrons. The van der Waals surface area contributed by atoms with Crippen molar-refractivity contribution < 1.29 is 14.3 Å². The summed E-state index contributed by atoms with van der Waals surface area (Å²) in [6.45, 7) is 0.488. The van der Waals surface area contributed by atoms with E-state index in [1.807, 2.05) is 11.9 Å². The number of nitrogens with one attached hydrogen (secondary N) is 1. The van der Waals surface area contributed by atoms with Gasteiger partial charge in [-0.05, 0) is 43.7 Å². The predicted molar refractivity (Wildman–Crippen MR) is 77.9 cm³/mol. The van der Waals surface area contributed by atoms with Gasteiger partial charge in [0.1, 0.15) is 12.4 Å². The number of carbonyl (C=O) groups is 1. The molecule has 2 N–H and O–H groups in total. The lowest BCUT2D eigenvalue weighted by Crippen LogP contribution is -2.35. The normalized spacial score (nSPS) is 13.7. The molecule has 0 spiro atoms. The highest BCUT2D eigenvalue weighted by Crippen LogP contribution is 2.18. The van der Waals surface area contributed by atoms with E-state index in [0.717, 1.165) is 18.4 Å². The largest absolute Gasteiger partial charge is 0.384 e. The fourth-order valence-corrected chi connectivity index (χ4v) is 2.07. The van der Waals surface area contributed by atoms with E-state index in [4.69, 9.17) is 5.11 Å². The van der Waals surface area contributed by atoms with Crippen molar-refractivity contribution in [3.05, 3.63) is 35.1 Å². The summed E-state index contributed by atoms with van der Waals surface area (Å²) in [5, 5.41) is 11.6.